The highest BCUT2D eigenvalue weighted by Gasteiger charge is 2.21. The Kier molecular flexibility index (Phi) is 4.20. The molecule has 3 aromatic rings. The van der Waals surface area contributed by atoms with Gasteiger partial charge in [0.2, 0.25) is 0 Å². The van der Waals surface area contributed by atoms with E-state index in [1.807, 2.05) is 6.07 Å². The zero-order chi connectivity index (χ0) is 18.2. The van der Waals surface area contributed by atoms with Crippen molar-refractivity contribution in [3.63, 3.8) is 0 Å². The van der Waals surface area contributed by atoms with E-state index in [2.05, 4.69) is 0 Å². The van der Waals surface area contributed by atoms with Crippen molar-refractivity contribution in [2.24, 2.45) is 0 Å². The molecule has 2 N–H and O–H groups in total. The average molecular weight is 357 g/mol. The molecular formula is C18H15NO5S. The van der Waals surface area contributed by atoms with Crippen molar-refractivity contribution >= 4 is 16.1 Å². The molecule has 3 rings (SSSR count). The van der Waals surface area contributed by atoms with Crippen LogP contribution < -0.4 is 0 Å². The van der Waals surface area contributed by atoms with Crippen molar-refractivity contribution in [2.75, 3.05) is 0 Å². The largest absolute Gasteiger partial charge is 0.478 e. The third-order valence-corrected chi connectivity index (χ3v) is 4.69. The number of aromatic carboxylic acids is 1. The molecule has 0 saturated heterocycles. The Balaban J connectivity index is 2.33. The molecule has 0 bridgehead atoms. The number of benzene rings is 2. The molecule has 0 amide bonds. The van der Waals surface area contributed by atoms with Crippen molar-refractivity contribution in [2.45, 2.75) is 11.8 Å². The van der Waals surface area contributed by atoms with Gasteiger partial charge in [-0.15, -0.1) is 0 Å². The van der Waals surface area contributed by atoms with Crippen LogP contribution in [0.4, 0.5) is 0 Å². The van der Waals surface area contributed by atoms with Crippen LogP contribution in [0, 0.1) is 6.92 Å². The molecular weight excluding hydrogens is 342 g/mol. The van der Waals surface area contributed by atoms with Gasteiger partial charge in [-0.05, 0) is 36.8 Å². The van der Waals surface area contributed by atoms with Crippen LogP contribution >= 0.6 is 0 Å². The number of rotatable bonds is 4. The lowest BCUT2D eigenvalue weighted by Gasteiger charge is -2.13. The summed E-state index contributed by atoms with van der Waals surface area (Å²) in [5.41, 5.74) is 2.31. The van der Waals surface area contributed by atoms with Crippen LogP contribution in [0.25, 0.3) is 16.9 Å². The third kappa shape index (κ3) is 3.19. The maximum absolute atomic E-state index is 11.7. The number of aromatic nitrogens is 1. The minimum atomic E-state index is -4.36. The third-order valence-electron chi connectivity index (χ3n) is 3.84. The Morgan fingerprint density at radius 3 is 2.28 bits per heavy atom. The number of nitrogens with zero attached hydrogens (tertiary/aromatic N) is 1. The molecule has 25 heavy (non-hydrogen) atoms. The van der Waals surface area contributed by atoms with E-state index in [1.54, 1.807) is 41.8 Å². The molecule has 0 atom stereocenters. The molecule has 0 saturated carbocycles. The zero-order valence-corrected chi connectivity index (χ0v) is 14.1. The van der Waals surface area contributed by atoms with Crippen molar-refractivity contribution in [1.29, 1.82) is 0 Å². The summed E-state index contributed by atoms with van der Waals surface area (Å²) in [4.78, 5) is 11.4. The molecule has 2 aromatic carbocycles. The lowest BCUT2D eigenvalue weighted by molar-refractivity contribution is 0.0698. The molecule has 6 nitrogen and oxygen atoms in total. The van der Waals surface area contributed by atoms with E-state index in [0.29, 0.717) is 22.6 Å². The lowest BCUT2D eigenvalue weighted by atomic mass is 10.1. The zero-order valence-electron chi connectivity index (χ0n) is 13.2. The highest BCUT2D eigenvalue weighted by molar-refractivity contribution is 7.85. The van der Waals surface area contributed by atoms with Crippen LogP contribution in [0.5, 0.6) is 0 Å². The molecule has 7 heteroatoms. The van der Waals surface area contributed by atoms with Crippen LogP contribution in [-0.4, -0.2) is 28.6 Å². The summed E-state index contributed by atoms with van der Waals surface area (Å²) >= 11 is 0. The van der Waals surface area contributed by atoms with E-state index in [1.165, 1.54) is 24.3 Å². The molecule has 0 fully saturated rings. The van der Waals surface area contributed by atoms with Gasteiger partial charge in [0.15, 0.2) is 0 Å². The van der Waals surface area contributed by atoms with E-state index in [4.69, 9.17) is 0 Å². The summed E-state index contributed by atoms with van der Waals surface area (Å²) in [6, 6.07) is 16.2. The Morgan fingerprint density at radius 1 is 1.00 bits per heavy atom. The first kappa shape index (κ1) is 16.9. The Bertz CT molecular complexity index is 1050. The fraction of sp³-hybridized carbons (Fsp3) is 0.0556. The highest BCUT2D eigenvalue weighted by Crippen LogP contribution is 2.31. The topological polar surface area (TPSA) is 96.6 Å². The Morgan fingerprint density at radius 2 is 1.68 bits per heavy atom. The van der Waals surface area contributed by atoms with Gasteiger partial charge in [0.05, 0.1) is 16.2 Å². The van der Waals surface area contributed by atoms with Crippen LogP contribution in [0.2, 0.25) is 0 Å². The normalized spacial score (nSPS) is 11.4. The minimum absolute atomic E-state index is 0.112. The number of hydrogen-bond donors (Lipinski definition) is 2. The van der Waals surface area contributed by atoms with Gasteiger partial charge >= 0.3 is 5.97 Å². The first-order chi connectivity index (χ1) is 11.8. The fourth-order valence-electron chi connectivity index (χ4n) is 2.80. The predicted octanol–water partition coefficient (Wildman–Crippen LogP) is 3.40. The second-order valence-electron chi connectivity index (χ2n) is 5.53. The van der Waals surface area contributed by atoms with Gasteiger partial charge in [0.1, 0.15) is 0 Å². The highest BCUT2D eigenvalue weighted by atomic mass is 32.2. The lowest BCUT2D eigenvalue weighted by Crippen LogP contribution is -2.05. The smallest absolute Gasteiger partial charge is 0.337 e. The van der Waals surface area contributed by atoms with Gasteiger partial charge in [0.25, 0.3) is 10.1 Å². The minimum Gasteiger partial charge on any atom is -0.478 e. The summed E-state index contributed by atoms with van der Waals surface area (Å²) in [6.07, 6.45) is 0. The van der Waals surface area contributed by atoms with Crippen molar-refractivity contribution in [3.8, 4) is 16.9 Å². The molecule has 0 unspecified atom stereocenters. The summed E-state index contributed by atoms with van der Waals surface area (Å²) in [5.74, 6) is -1.08. The van der Waals surface area contributed by atoms with E-state index in [0.717, 1.165) is 0 Å². The molecule has 0 aliphatic heterocycles. The maximum atomic E-state index is 11.7. The second kappa shape index (κ2) is 6.19. The standard InChI is InChI=1S/C18H15NO5S/c1-12-10-16(18(20)21)17(13-6-3-2-4-7-13)19(12)14-8-5-9-15(11-14)25(22,23)24/h2-11H,1H3,(H,20,21)(H,22,23,24). The van der Waals surface area contributed by atoms with Gasteiger partial charge in [-0.25, -0.2) is 4.79 Å². The molecule has 1 aromatic heterocycles. The molecule has 0 radical (unpaired) electrons. The first-order valence-corrected chi connectivity index (χ1v) is 8.82. The van der Waals surface area contributed by atoms with Gasteiger partial charge in [-0.2, -0.15) is 8.42 Å². The Hall–Kier alpha value is -2.90. The van der Waals surface area contributed by atoms with Gasteiger partial charge < -0.3 is 9.67 Å². The van der Waals surface area contributed by atoms with Gasteiger partial charge in [-0.1, -0.05) is 36.4 Å². The van der Waals surface area contributed by atoms with E-state index in [-0.39, 0.29) is 10.5 Å². The van der Waals surface area contributed by atoms with Crippen molar-refractivity contribution < 1.29 is 22.9 Å². The molecule has 128 valence electrons. The van der Waals surface area contributed by atoms with E-state index < -0.39 is 16.1 Å². The number of carbonyl (C=O) groups is 1. The molecule has 0 aliphatic carbocycles. The number of aryl methyl sites for hydroxylation is 1. The summed E-state index contributed by atoms with van der Waals surface area (Å²) in [5, 5.41) is 9.55. The number of hydrogen-bond acceptors (Lipinski definition) is 3. The fourth-order valence-corrected chi connectivity index (χ4v) is 3.32. The van der Waals surface area contributed by atoms with Crippen LogP contribution in [0.1, 0.15) is 16.1 Å². The SMILES string of the molecule is Cc1cc(C(=O)O)c(-c2ccccc2)n1-c1cccc(S(=O)(=O)O)c1. The quantitative estimate of drug-likeness (QED) is 0.698. The van der Waals surface area contributed by atoms with Crippen molar-refractivity contribution in [3.05, 3.63) is 71.9 Å². The van der Waals surface area contributed by atoms with Gasteiger partial charge in [0, 0.05) is 11.4 Å². The van der Waals surface area contributed by atoms with Gasteiger partial charge in [-0.3, -0.25) is 4.55 Å². The van der Waals surface area contributed by atoms with Crippen LogP contribution in [0.3, 0.4) is 0 Å². The maximum Gasteiger partial charge on any atom is 0.337 e. The number of carboxylic acids is 1. The number of carboxylic acid groups (broad SMARTS) is 1. The summed E-state index contributed by atoms with van der Waals surface area (Å²) in [7, 11) is -4.36. The summed E-state index contributed by atoms with van der Waals surface area (Å²) < 4.78 is 33.8. The summed E-state index contributed by atoms with van der Waals surface area (Å²) in [6.45, 7) is 1.74. The van der Waals surface area contributed by atoms with Crippen molar-refractivity contribution in [1.82, 2.24) is 4.57 Å². The predicted molar refractivity (Wildman–Crippen MR) is 92.7 cm³/mol. The Labute approximate surface area is 144 Å². The molecule has 1 heterocycles. The second-order valence-corrected chi connectivity index (χ2v) is 6.95. The molecule has 0 spiro atoms. The monoisotopic (exact) mass is 357 g/mol. The van der Waals surface area contributed by atoms with E-state index in [9.17, 15) is 22.9 Å². The molecule has 0 aliphatic rings. The van der Waals surface area contributed by atoms with E-state index >= 15 is 0 Å². The van der Waals surface area contributed by atoms with Crippen LogP contribution in [-0.2, 0) is 10.1 Å². The van der Waals surface area contributed by atoms with Crippen LogP contribution in [0.15, 0.2) is 65.6 Å². The first-order valence-electron chi connectivity index (χ1n) is 7.38. The average Bonchev–Trinajstić information content (AvgIpc) is 2.92.